The number of Topliss-reactive ketones (excluding diaryl/α,β-unsaturated/α-hetero) is 1. The summed E-state index contributed by atoms with van der Waals surface area (Å²) in [4.78, 5) is 15.5. The summed E-state index contributed by atoms with van der Waals surface area (Å²) in [6.07, 6.45) is 3.77. The summed E-state index contributed by atoms with van der Waals surface area (Å²) in [5, 5.41) is 0. The zero-order valence-electron chi connectivity index (χ0n) is 16.8. The molecule has 0 unspecified atom stereocenters. The zero-order chi connectivity index (χ0) is 20.5. The fourth-order valence-corrected chi connectivity index (χ4v) is 4.31. The number of ether oxygens (including phenoxy) is 3. The second-order valence-electron chi connectivity index (χ2n) is 7.47. The Morgan fingerprint density at radius 2 is 1.76 bits per heavy atom. The van der Waals surface area contributed by atoms with Gasteiger partial charge in [0.05, 0.1) is 14.2 Å². The predicted molar refractivity (Wildman–Crippen MR) is 116 cm³/mol. The number of methoxy groups -OCH3 is 2. The monoisotopic (exact) mass is 457 g/mol. The molecule has 0 aliphatic carbocycles. The Balaban J connectivity index is 1.79. The van der Waals surface area contributed by atoms with Crippen molar-refractivity contribution < 1.29 is 19.0 Å². The summed E-state index contributed by atoms with van der Waals surface area (Å²) >= 11 is 3.43. The van der Waals surface area contributed by atoms with Gasteiger partial charge in [0, 0.05) is 16.1 Å². The van der Waals surface area contributed by atoms with Gasteiger partial charge in [-0.25, -0.2) is 0 Å². The SMILES string of the molecule is COc1cc(OC)c(C2CCN(C)CC2)c2c1C(=O)/C(=C/c1ccc(Br)cc1)O2. The van der Waals surface area contributed by atoms with E-state index in [2.05, 4.69) is 27.9 Å². The lowest BCUT2D eigenvalue weighted by Crippen LogP contribution is -2.29. The van der Waals surface area contributed by atoms with Crippen molar-refractivity contribution in [1.82, 2.24) is 4.90 Å². The highest BCUT2D eigenvalue weighted by molar-refractivity contribution is 9.10. The number of rotatable bonds is 4. The molecule has 0 spiro atoms. The maximum Gasteiger partial charge on any atom is 0.235 e. The van der Waals surface area contributed by atoms with Crippen LogP contribution in [0.15, 0.2) is 40.6 Å². The van der Waals surface area contributed by atoms with Crippen molar-refractivity contribution >= 4 is 27.8 Å². The molecule has 152 valence electrons. The number of nitrogens with zero attached hydrogens (tertiary/aromatic N) is 1. The second-order valence-corrected chi connectivity index (χ2v) is 8.38. The Hall–Kier alpha value is -2.31. The summed E-state index contributed by atoms with van der Waals surface area (Å²) < 4.78 is 18.4. The van der Waals surface area contributed by atoms with Crippen molar-refractivity contribution in [3.63, 3.8) is 0 Å². The molecule has 0 atom stereocenters. The maximum atomic E-state index is 13.2. The van der Waals surface area contributed by atoms with Gasteiger partial charge in [0.1, 0.15) is 22.8 Å². The van der Waals surface area contributed by atoms with Crippen LogP contribution < -0.4 is 14.2 Å². The predicted octanol–water partition coefficient (Wildman–Crippen LogP) is 4.89. The Bertz CT molecular complexity index is 960. The third-order valence-electron chi connectivity index (χ3n) is 5.64. The number of hydrogen-bond donors (Lipinski definition) is 0. The number of fused-ring (bicyclic) bond motifs is 1. The molecule has 2 heterocycles. The number of hydrogen-bond acceptors (Lipinski definition) is 5. The van der Waals surface area contributed by atoms with Crippen LogP contribution >= 0.6 is 15.9 Å². The first kappa shape index (κ1) is 20.0. The van der Waals surface area contributed by atoms with Gasteiger partial charge >= 0.3 is 0 Å². The molecule has 0 aromatic heterocycles. The van der Waals surface area contributed by atoms with Crippen LogP contribution in [0, 0.1) is 0 Å². The van der Waals surface area contributed by atoms with Crippen LogP contribution in [0.25, 0.3) is 6.08 Å². The minimum absolute atomic E-state index is 0.156. The molecule has 1 fully saturated rings. The number of likely N-dealkylation sites (tertiary alicyclic amines) is 1. The number of carbonyl (C=O) groups is 1. The lowest BCUT2D eigenvalue weighted by molar-refractivity contribution is 0.101. The minimum atomic E-state index is -0.156. The van der Waals surface area contributed by atoms with Gasteiger partial charge in [0.15, 0.2) is 5.76 Å². The van der Waals surface area contributed by atoms with E-state index in [9.17, 15) is 4.79 Å². The Labute approximate surface area is 179 Å². The van der Waals surface area contributed by atoms with E-state index in [-0.39, 0.29) is 11.7 Å². The van der Waals surface area contributed by atoms with Crippen molar-refractivity contribution in [2.75, 3.05) is 34.4 Å². The van der Waals surface area contributed by atoms with Gasteiger partial charge in [-0.2, -0.15) is 0 Å². The summed E-state index contributed by atoms with van der Waals surface area (Å²) in [6, 6.07) is 9.56. The average Bonchev–Trinajstić information content (AvgIpc) is 3.05. The molecular formula is C23H24BrNO4. The van der Waals surface area contributed by atoms with Crippen molar-refractivity contribution in [3.05, 3.63) is 57.3 Å². The molecule has 29 heavy (non-hydrogen) atoms. The Morgan fingerprint density at radius 3 is 2.38 bits per heavy atom. The molecule has 0 bridgehead atoms. The molecule has 2 aliphatic rings. The van der Waals surface area contributed by atoms with E-state index in [4.69, 9.17) is 14.2 Å². The molecule has 0 amide bonds. The molecule has 2 aromatic carbocycles. The van der Waals surface area contributed by atoms with Crippen LogP contribution in [0.3, 0.4) is 0 Å². The first-order valence-electron chi connectivity index (χ1n) is 9.69. The minimum Gasteiger partial charge on any atom is -0.496 e. The van der Waals surface area contributed by atoms with Crippen LogP contribution in [-0.4, -0.2) is 45.0 Å². The third kappa shape index (κ3) is 3.79. The summed E-state index contributed by atoms with van der Waals surface area (Å²) in [5.74, 6) is 2.22. The van der Waals surface area contributed by atoms with Crippen LogP contribution in [0.5, 0.6) is 17.2 Å². The lowest BCUT2D eigenvalue weighted by atomic mass is 9.86. The van der Waals surface area contributed by atoms with Gasteiger partial charge < -0.3 is 19.1 Å². The first-order valence-corrected chi connectivity index (χ1v) is 10.5. The molecular weight excluding hydrogens is 434 g/mol. The van der Waals surface area contributed by atoms with Crippen molar-refractivity contribution in [1.29, 1.82) is 0 Å². The highest BCUT2D eigenvalue weighted by atomic mass is 79.9. The highest BCUT2D eigenvalue weighted by Crippen LogP contribution is 2.50. The number of benzene rings is 2. The molecule has 5 nitrogen and oxygen atoms in total. The quantitative estimate of drug-likeness (QED) is 0.611. The smallest absolute Gasteiger partial charge is 0.235 e. The summed E-state index contributed by atoms with van der Waals surface area (Å²) in [6.45, 7) is 2.01. The van der Waals surface area contributed by atoms with Crippen LogP contribution in [0.1, 0.15) is 40.2 Å². The number of piperidine rings is 1. The van der Waals surface area contributed by atoms with Crippen LogP contribution in [-0.2, 0) is 0 Å². The number of halogens is 1. The fraction of sp³-hybridized carbons (Fsp3) is 0.348. The van der Waals surface area contributed by atoms with Crippen molar-refractivity contribution in [2.45, 2.75) is 18.8 Å². The molecule has 2 aromatic rings. The van der Waals surface area contributed by atoms with Crippen LogP contribution in [0.2, 0.25) is 0 Å². The fourth-order valence-electron chi connectivity index (χ4n) is 4.05. The molecule has 4 rings (SSSR count). The van der Waals surface area contributed by atoms with E-state index in [1.807, 2.05) is 30.3 Å². The van der Waals surface area contributed by atoms with E-state index in [0.29, 0.717) is 28.6 Å². The van der Waals surface area contributed by atoms with Gasteiger partial charge in [0.25, 0.3) is 0 Å². The average molecular weight is 458 g/mol. The van der Waals surface area contributed by atoms with Gasteiger partial charge in [-0.3, -0.25) is 4.79 Å². The van der Waals surface area contributed by atoms with Gasteiger partial charge in [-0.15, -0.1) is 0 Å². The molecule has 0 N–H and O–H groups in total. The molecule has 6 heteroatoms. The zero-order valence-corrected chi connectivity index (χ0v) is 18.4. The van der Waals surface area contributed by atoms with Crippen molar-refractivity contribution in [3.8, 4) is 17.2 Å². The Morgan fingerprint density at radius 1 is 1.10 bits per heavy atom. The van der Waals surface area contributed by atoms with Gasteiger partial charge in [-0.1, -0.05) is 28.1 Å². The number of allylic oxidation sites excluding steroid dienone is 1. The van der Waals surface area contributed by atoms with Gasteiger partial charge in [0.2, 0.25) is 5.78 Å². The molecule has 1 saturated heterocycles. The molecule has 0 saturated carbocycles. The normalized spacial score (nSPS) is 18.6. The molecule has 0 radical (unpaired) electrons. The highest BCUT2D eigenvalue weighted by Gasteiger charge is 2.38. The number of ketones is 1. The first-order chi connectivity index (χ1) is 14.0. The second kappa shape index (κ2) is 8.20. The maximum absolute atomic E-state index is 13.2. The van der Waals surface area contributed by atoms with E-state index >= 15 is 0 Å². The summed E-state index contributed by atoms with van der Waals surface area (Å²) in [5.41, 5.74) is 2.37. The Kier molecular flexibility index (Phi) is 5.65. The van der Waals surface area contributed by atoms with Crippen LogP contribution in [0.4, 0.5) is 0 Å². The summed E-state index contributed by atoms with van der Waals surface area (Å²) in [7, 11) is 5.34. The largest absolute Gasteiger partial charge is 0.496 e. The third-order valence-corrected chi connectivity index (χ3v) is 6.17. The van der Waals surface area contributed by atoms with Gasteiger partial charge in [-0.05, 0) is 62.7 Å². The lowest BCUT2D eigenvalue weighted by Gasteiger charge is -2.30. The number of carbonyl (C=O) groups excluding carboxylic acids is 1. The van der Waals surface area contributed by atoms with E-state index in [1.165, 1.54) is 0 Å². The van der Waals surface area contributed by atoms with E-state index in [1.54, 1.807) is 20.3 Å². The van der Waals surface area contributed by atoms with E-state index < -0.39 is 0 Å². The molecule has 2 aliphatic heterocycles. The van der Waals surface area contributed by atoms with E-state index in [0.717, 1.165) is 41.5 Å². The topological polar surface area (TPSA) is 48.0 Å². The standard InChI is InChI=1S/C23H24BrNO4/c1-25-10-8-15(9-11-25)20-17(27-2)13-18(28-3)21-22(26)19(29-23(20)21)12-14-4-6-16(24)7-5-14/h4-7,12-13,15H,8-11H2,1-3H3/b19-12-. The van der Waals surface area contributed by atoms with Crippen molar-refractivity contribution in [2.24, 2.45) is 0 Å².